The lowest BCUT2D eigenvalue weighted by Crippen LogP contribution is -2.68. The maximum Gasteiger partial charge on any atom is 0.214 e. The molecule has 0 amide bonds. The van der Waals surface area contributed by atoms with Gasteiger partial charge >= 0.3 is 0 Å². The number of aryl methyl sites for hydroxylation is 1. The quantitative estimate of drug-likeness (QED) is 0.123. The SMILES string of the molecule is CCCCc1cccc2c(N(c3ccc(C4CN(c5cc6c(s5)C(C)(CC)C(CC)(CC)[n+]5ccccc5-6)N=N4)cc3)c3cccc4ccccc34)cccc12. The van der Waals surface area contributed by atoms with Crippen LogP contribution in [0.1, 0.15) is 88.8 Å². The van der Waals surface area contributed by atoms with Crippen molar-refractivity contribution in [3.8, 4) is 11.3 Å². The van der Waals surface area contributed by atoms with Crippen molar-refractivity contribution in [3.05, 3.63) is 150 Å². The highest BCUT2D eigenvalue weighted by molar-refractivity contribution is 7.16. The molecule has 6 heteroatoms. The van der Waals surface area contributed by atoms with Gasteiger partial charge < -0.3 is 4.90 Å². The van der Waals surface area contributed by atoms with Crippen molar-refractivity contribution in [1.82, 2.24) is 0 Å². The molecule has 7 aromatic rings. The Morgan fingerprint density at radius 1 is 0.750 bits per heavy atom. The van der Waals surface area contributed by atoms with Crippen LogP contribution < -0.4 is 14.5 Å². The Bertz CT molecular complexity index is 2560. The molecule has 2 unspecified atom stereocenters. The largest absolute Gasteiger partial charge is 0.309 e. The Labute approximate surface area is 335 Å². The van der Waals surface area contributed by atoms with E-state index in [0.29, 0.717) is 0 Å². The summed E-state index contributed by atoms with van der Waals surface area (Å²) >= 11 is 1.92. The van der Waals surface area contributed by atoms with E-state index in [9.17, 15) is 0 Å². The Morgan fingerprint density at radius 2 is 1.45 bits per heavy atom. The number of hydrogen-bond donors (Lipinski definition) is 0. The summed E-state index contributed by atoms with van der Waals surface area (Å²) in [6.07, 6.45) is 9.01. The summed E-state index contributed by atoms with van der Waals surface area (Å²) in [7, 11) is 0. The molecule has 0 aliphatic carbocycles. The van der Waals surface area contributed by atoms with Gasteiger partial charge in [-0.1, -0.05) is 118 Å². The van der Waals surface area contributed by atoms with Gasteiger partial charge in [-0.3, -0.25) is 0 Å². The average molecular weight is 755 g/mol. The van der Waals surface area contributed by atoms with Crippen LogP contribution in [0, 0.1) is 0 Å². The fourth-order valence-corrected chi connectivity index (χ4v) is 11.4. The Kier molecular flexibility index (Phi) is 9.49. The molecule has 0 saturated carbocycles. The predicted molar refractivity (Wildman–Crippen MR) is 236 cm³/mol. The van der Waals surface area contributed by atoms with Gasteiger partial charge in [-0.2, -0.15) is 9.68 Å². The van der Waals surface area contributed by atoms with Crippen LogP contribution >= 0.6 is 11.3 Å². The Morgan fingerprint density at radius 3 is 2.23 bits per heavy atom. The second-order valence-corrected chi connectivity index (χ2v) is 16.9. The van der Waals surface area contributed by atoms with Crippen LogP contribution in [-0.2, 0) is 17.4 Å². The summed E-state index contributed by atoms with van der Waals surface area (Å²) in [5.41, 5.74) is 8.76. The number of aromatic nitrogens is 1. The fraction of sp³-hybridized carbons (Fsp3) is 0.300. The van der Waals surface area contributed by atoms with Crippen molar-refractivity contribution < 1.29 is 4.57 Å². The van der Waals surface area contributed by atoms with E-state index in [1.54, 1.807) is 0 Å². The molecule has 0 bridgehead atoms. The fourth-order valence-electron chi connectivity index (χ4n) is 9.94. The van der Waals surface area contributed by atoms with E-state index < -0.39 is 0 Å². The molecule has 5 aromatic carbocycles. The van der Waals surface area contributed by atoms with E-state index >= 15 is 0 Å². The smallest absolute Gasteiger partial charge is 0.214 e. The number of anilines is 4. The van der Waals surface area contributed by atoms with Crippen LogP contribution in [0.15, 0.2) is 144 Å². The lowest BCUT2D eigenvalue weighted by atomic mass is 9.62. The second-order valence-electron chi connectivity index (χ2n) is 15.8. The molecular weight excluding hydrogens is 703 g/mol. The van der Waals surface area contributed by atoms with Crippen molar-refractivity contribution in [1.29, 1.82) is 0 Å². The van der Waals surface area contributed by atoms with Crippen molar-refractivity contribution in [3.63, 3.8) is 0 Å². The van der Waals surface area contributed by atoms with E-state index in [4.69, 9.17) is 10.3 Å². The Balaban J connectivity index is 1.06. The summed E-state index contributed by atoms with van der Waals surface area (Å²) in [4.78, 5) is 3.93. The number of thiophene rings is 1. The summed E-state index contributed by atoms with van der Waals surface area (Å²) in [6.45, 7) is 12.6. The van der Waals surface area contributed by atoms with E-state index in [-0.39, 0.29) is 17.0 Å². The van der Waals surface area contributed by atoms with Gasteiger partial charge in [-0.25, -0.2) is 5.01 Å². The molecule has 0 radical (unpaired) electrons. The molecule has 2 atom stereocenters. The number of benzene rings is 5. The van der Waals surface area contributed by atoms with Crippen LogP contribution in [0.25, 0.3) is 32.8 Å². The van der Waals surface area contributed by atoms with E-state index in [0.717, 1.165) is 37.9 Å². The van der Waals surface area contributed by atoms with Crippen LogP contribution in [0.3, 0.4) is 0 Å². The minimum Gasteiger partial charge on any atom is -0.309 e. The molecule has 0 N–H and O–H groups in total. The van der Waals surface area contributed by atoms with Gasteiger partial charge in [0.15, 0.2) is 11.7 Å². The highest BCUT2D eigenvalue weighted by Crippen LogP contribution is 2.55. The number of fused-ring (bicyclic) bond motifs is 5. The number of hydrogen-bond acceptors (Lipinski definition) is 5. The summed E-state index contributed by atoms with van der Waals surface area (Å²) < 4.78 is 2.58. The van der Waals surface area contributed by atoms with Crippen LogP contribution in [-0.4, -0.2) is 6.54 Å². The van der Waals surface area contributed by atoms with Gasteiger partial charge in [-0.05, 0) is 84.5 Å². The third kappa shape index (κ3) is 5.67. The normalized spacial score (nSPS) is 18.4. The van der Waals surface area contributed by atoms with Gasteiger partial charge in [-0.15, -0.1) is 11.3 Å². The lowest BCUT2D eigenvalue weighted by molar-refractivity contribution is -0.769. The van der Waals surface area contributed by atoms with Gasteiger partial charge in [0.25, 0.3) is 0 Å². The summed E-state index contributed by atoms with van der Waals surface area (Å²) in [5, 5.41) is 18.1. The average Bonchev–Trinajstić information content (AvgIpc) is 3.93. The van der Waals surface area contributed by atoms with Crippen LogP contribution in [0.5, 0.6) is 0 Å². The molecule has 9 rings (SSSR count). The molecule has 0 fully saturated rings. The van der Waals surface area contributed by atoms with Gasteiger partial charge in [0.2, 0.25) is 5.69 Å². The first-order valence-corrected chi connectivity index (χ1v) is 21.5. The highest BCUT2D eigenvalue weighted by Gasteiger charge is 2.59. The van der Waals surface area contributed by atoms with Crippen molar-refractivity contribution in [2.45, 2.75) is 90.1 Å². The van der Waals surface area contributed by atoms with Crippen molar-refractivity contribution in [2.24, 2.45) is 10.3 Å². The summed E-state index contributed by atoms with van der Waals surface area (Å²) in [5.74, 6) is 0. The molecule has 2 aliphatic rings. The van der Waals surface area contributed by atoms with E-state index in [1.807, 2.05) is 11.3 Å². The first-order valence-electron chi connectivity index (χ1n) is 20.7. The Hall–Kier alpha value is -5.33. The van der Waals surface area contributed by atoms with E-state index in [2.05, 4.69) is 183 Å². The third-order valence-electron chi connectivity index (χ3n) is 13.2. The summed E-state index contributed by atoms with van der Waals surface area (Å²) in [6, 6.07) is 47.0. The maximum atomic E-state index is 4.88. The molecule has 0 saturated heterocycles. The van der Waals surface area contributed by atoms with E-state index in [1.165, 1.54) is 78.0 Å². The minimum atomic E-state index is -0.0440. The molecule has 0 spiro atoms. The zero-order valence-electron chi connectivity index (χ0n) is 33.4. The van der Waals surface area contributed by atoms with Gasteiger partial charge in [0, 0.05) is 46.3 Å². The van der Waals surface area contributed by atoms with Gasteiger partial charge in [0.1, 0.15) is 11.0 Å². The number of unbranched alkanes of at least 4 members (excludes halogenated alkanes) is 1. The maximum absolute atomic E-state index is 4.88. The van der Waals surface area contributed by atoms with Crippen molar-refractivity contribution in [2.75, 3.05) is 16.5 Å². The molecule has 282 valence electrons. The zero-order chi connectivity index (χ0) is 38.4. The molecule has 4 heterocycles. The second kappa shape index (κ2) is 14.6. The molecular formula is C50H52N5S+. The topological polar surface area (TPSA) is 35.1 Å². The van der Waals surface area contributed by atoms with Crippen LogP contribution in [0.4, 0.5) is 22.1 Å². The third-order valence-corrected chi connectivity index (χ3v) is 14.6. The highest BCUT2D eigenvalue weighted by atomic mass is 32.1. The molecule has 2 aromatic heterocycles. The van der Waals surface area contributed by atoms with Crippen molar-refractivity contribution >= 4 is 54.9 Å². The minimum absolute atomic E-state index is 0.0109. The number of nitrogens with zero attached hydrogens (tertiary/aromatic N) is 5. The number of pyridine rings is 1. The predicted octanol–water partition coefficient (Wildman–Crippen LogP) is 13.9. The zero-order valence-corrected chi connectivity index (χ0v) is 34.2. The van der Waals surface area contributed by atoms with Gasteiger partial charge in [0.05, 0.1) is 28.9 Å². The first kappa shape index (κ1) is 36.3. The monoisotopic (exact) mass is 754 g/mol. The molecule has 2 aliphatic heterocycles. The molecule has 56 heavy (non-hydrogen) atoms. The molecule has 5 nitrogen and oxygen atoms in total. The lowest BCUT2D eigenvalue weighted by Gasteiger charge is -2.46. The standard InChI is InChI=1S/C50H52N5S/c1-6-10-18-35-20-15-24-41-39(35)23-17-27-46(41)55(45-26-16-21-36-19-11-12-22-40(36)45)38-30-28-37(29-31-38)43-34-54(52-51-43)47-33-42-44-25-13-14-32-53(44)50(8-3,9-4)49(5,7-2)48(42)56-47/h11-17,19-33,43H,6-10,18,34H2,1-5H3/q+1. The number of rotatable bonds is 11. The first-order chi connectivity index (χ1) is 27.4. The van der Waals surface area contributed by atoms with Crippen LogP contribution in [0.2, 0.25) is 0 Å².